The summed E-state index contributed by atoms with van der Waals surface area (Å²) in [5, 5.41) is 0. The predicted molar refractivity (Wildman–Crippen MR) is 95.8 cm³/mol. The summed E-state index contributed by atoms with van der Waals surface area (Å²) in [7, 11) is 0. The zero-order valence-corrected chi connectivity index (χ0v) is 14.2. The first-order valence-electron chi connectivity index (χ1n) is 8.19. The Morgan fingerprint density at radius 3 is 2.44 bits per heavy atom. The summed E-state index contributed by atoms with van der Waals surface area (Å²) in [6, 6.07) is 14.9. The Labute approximate surface area is 146 Å². The lowest BCUT2D eigenvalue weighted by Crippen LogP contribution is -2.06. The molecule has 0 saturated heterocycles. The number of esters is 1. The number of rotatable bonds is 6. The molecule has 3 rings (SSSR count). The number of benzene rings is 2. The fourth-order valence-electron chi connectivity index (χ4n) is 2.42. The number of cyclic esters (lactones) is 1. The van der Waals surface area contributed by atoms with Gasteiger partial charge in [-0.1, -0.05) is 30.3 Å². The summed E-state index contributed by atoms with van der Waals surface area (Å²) in [6.07, 6.45) is 1.70. The van der Waals surface area contributed by atoms with E-state index >= 15 is 0 Å². The van der Waals surface area contributed by atoms with Crippen LogP contribution in [0.5, 0.6) is 11.5 Å². The minimum absolute atomic E-state index is 0.260. The van der Waals surface area contributed by atoms with E-state index in [-0.39, 0.29) is 11.6 Å². The summed E-state index contributed by atoms with van der Waals surface area (Å²) in [6.45, 7) is 4.86. The molecule has 0 saturated carbocycles. The molecule has 128 valence electrons. The van der Waals surface area contributed by atoms with Gasteiger partial charge < -0.3 is 14.2 Å². The minimum Gasteiger partial charge on any atom is -0.490 e. The fourth-order valence-corrected chi connectivity index (χ4v) is 2.42. The van der Waals surface area contributed by atoms with E-state index in [1.165, 1.54) is 0 Å². The van der Waals surface area contributed by atoms with Crippen LogP contribution in [0, 0.1) is 0 Å². The maximum absolute atomic E-state index is 12.1. The van der Waals surface area contributed by atoms with E-state index in [2.05, 4.69) is 4.99 Å². The summed E-state index contributed by atoms with van der Waals surface area (Å²) < 4.78 is 16.5. The molecule has 0 spiro atoms. The monoisotopic (exact) mass is 337 g/mol. The molecule has 1 aliphatic heterocycles. The molecule has 5 heteroatoms. The van der Waals surface area contributed by atoms with Crippen molar-refractivity contribution in [2.45, 2.75) is 13.8 Å². The number of hydrogen-bond acceptors (Lipinski definition) is 5. The van der Waals surface area contributed by atoms with Gasteiger partial charge in [0.15, 0.2) is 17.2 Å². The van der Waals surface area contributed by atoms with E-state index in [4.69, 9.17) is 14.2 Å². The number of carbonyl (C=O) groups excluding carboxylic acids is 1. The van der Waals surface area contributed by atoms with Crippen molar-refractivity contribution in [1.29, 1.82) is 0 Å². The van der Waals surface area contributed by atoms with Crippen LogP contribution in [0.4, 0.5) is 0 Å². The molecule has 2 aromatic rings. The molecule has 5 nitrogen and oxygen atoms in total. The summed E-state index contributed by atoms with van der Waals surface area (Å²) in [5.41, 5.74) is 1.82. The van der Waals surface area contributed by atoms with Gasteiger partial charge in [-0.3, -0.25) is 0 Å². The zero-order valence-electron chi connectivity index (χ0n) is 14.2. The zero-order chi connectivity index (χ0) is 17.6. The van der Waals surface area contributed by atoms with Gasteiger partial charge in [0.2, 0.25) is 5.90 Å². The summed E-state index contributed by atoms with van der Waals surface area (Å²) >= 11 is 0. The van der Waals surface area contributed by atoms with Crippen LogP contribution in [-0.4, -0.2) is 25.1 Å². The van der Waals surface area contributed by atoms with Gasteiger partial charge in [0, 0.05) is 5.56 Å². The number of hydrogen-bond donors (Lipinski definition) is 0. The molecular weight excluding hydrogens is 318 g/mol. The van der Waals surface area contributed by atoms with Gasteiger partial charge in [-0.05, 0) is 43.7 Å². The third-order valence-electron chi connectivity index (χ3n) is 3.51. The topological polar surface area (TPSA) is 57.1 Å². The molecule has 0 radical (unpaired) electrons. The average Bonchev–Trinajstić information content (AvgIpc) is 2.98. The highest BCUT2D eigenvalue weighted by atomic mass is 16.6. The van der Waals surface area contributed by atoms with Crippen LogP contribution in [-0.2, 0) is 9.53 Å². The van der Waals surface area contributed by atoms with Gasteiger partial charge in [0.05, 0.1) is 13.2 Å². The Bertz CT molecular complexity index is 825. The van der Waals surface area contributed by atoms with Crippen molar-refractivity contribution >= 4 is 17.9 Å². The molecule has 0 aromatic heterocycles. The largest absolute Gasteiger partial charge is 0.490 e. The van der Waals surface area contributed by atoms with Gasteiger partial charge in [-0.25, -0.2) is 9.79 Å². The predicted octanol–water partition coefficient (Wildman–Crippen LogP) is 3.83. The van der Waals surface area contributed by atoms with E-state index in [9.17, 15) is 4.79 Å². The standard InChI is InChI=1S/C20H19NO4/c1-3-23-17-11-10-15(13-18(17)24-4-2)19-21-16(20(22)25-19)12-14-8-6-5-7-9-14/h5-13H,3-4H2,1-2H3/b16-12+. The summed E-state index contributed by atoms with van der Waals surface area (Å²) in [5.74, 6) is 1.04. The number of ether oxygens (including phenoxy) is 3. The van der Waals surface area contributed by atoms with E-state index < -0.39 is 5.97 Å². The molecular formula is C20H19NO4. The quantitative estimate of drug-likeness (QED) is 0.594. The molecule has 0 fully saturated rings. The van der Waals surface area contributed by atoms with Crippen molar-refractivity contribution in [1.82, 2.24) is 0 Å². The molecule has 2 aromatic carbocycles. The van der Waals surface area contributed by atoms with Crippen LogP contribution >= 0.6 is 0 Å². The van der Waals surface area contributed by atoms with Crippen LogP contribution in [0.1, 0.15) is 25.0 Å². The highest BCUT2D eigenvalue weighted by Gasteiger charge is 2.25. The Balaban J connectivity index is 1.91. The van der Waals surface area contributed by atoms with Gasteiger partial charge in [0.1, 0.15) is 0 Å². The lowest BCUT2D eigenvalue weighted by atomic mass is 10.2. The molecule has 25 heavy (non-hydrogen) atoms. The Morgan fingerprint density at radius 2 is 1.72 bits per heavy atom. The molecule has 1 heterocycles. The average molecular weight is 337 g/mol. The van der Waals surface area contributed by atoms with E-state index in [1.54, 1.807) is 24.3 Å². The minimum atomic E-state index is -0.467. The lowest BCUT2D eigenvalue weighted by Gasteiger charge is -2.11. The maximum Gasteiger partial charge on any atom is 0.363 e. The molecule has 0 unspecified atom stereocenters. The molecule has 1 aliphatic rings. The first kappa shape index (κ1) is 16.8. The van der Waals surface area contributed by atoms with Gasteiger partial charge in [-0.2, -0.15) is 0 Å². The van der Waals surface area contributed by atoms with Crippen LogP contribution < -0.4 is 9.47 Å². The number of nitrogens with zero attached hydrogens (tertiary/aromatic N) is 1. The van der Waals surface area contributed by atoms with Crippen molar-refractivity contribution in [2.24, 2.45) is 4.99 Å². The second kappa shape index (κ2) is 7.66. The first-order valence-corrected chi connectivity index (χ1v) is 8.19. The van der Waals surface area contributed by atoms with Gasteiger partial charge in [0.25, 0.3) is 0 Å². The second-order valence-corrected chi connectivity index (χ2v) is 5.27. The maximum atomic E-state index is 12.1. The highest BCUT2D eigenvalue weighted by molar-refractivity contribution is 6.13. The lowest BCUT2D eigenvalue weighted by molar-refractivity contribution is -0.129. The Hall–Kier alpha value is -3.08. The third kappa shape index (κ3) is 3.88. The highest BCUT2D eigenvalue weighted by Crippen LogP contribution is 2.30. The van der Waals surface area contributed by atoms with Crippen LogP contribution in [0.3, 0.4) is 0 Å². The number of aliphatic imine (C=N–C) groups is 1. The fraction of sp³-hybridized carbons (Fsp3) is 0.200. The van der Waals surface area contributed by atoms with Crippen molar-refractivity contribution in [3.8, 4) is 11.5 Å². The molecule has 0 bridgehead atoms. The second-order valence-electron chi connectivity index (χ2n) is 5.27. The summed E-state index contributed by atoms with van der Waals surface area (Å²) in [4.78, 5) is 16.4. The van der Waals surface area contributed by atoms with Crippen LogP contribution in [0.15, 0.2) is 59.2 Å². The smallest absolute Gasteiger partial charge is 0.363 e. The molecule has 0 atom stereocenters. The molecule has 0 aliphatic carbocycles. The first-order chi connectivity index (χ1) is 12.2. The van der Waals surface area contributed by atoms with Gasteiger partial charge in [-0.15, -0.1) is 0 Å². The van der Waals surface area contributed by atoms with E-state index in [0.29, 0.717) is 30.3 Å². The van der Waals surface area contributed by atoms with Crippen LogP contribution in [0.2, 0.25) is 0 Å². The van der Waals surface area contributed by atoms with E-state index in [1.807, 2.05) is 44.2 Å². The van der Waals surface area contributed by atoms with Gasteiger partial charge >= 0.3 is 5.97 Å². The van der Waals surface area contributed by atoms with Crippen molar-refractivity contribution in [3.63, 3.8) is 0 Å². The Morgan fingerprint density at radius 1 is 1.00 bits per heavy atom. The van der Waals surface area contributed by atoms with Crippen LogP contribution in [0.25, 0.3) is 6.08 Å². The SMILES string of the molecule is CCOc1ccc(C2=N/C(=C/c3ccccc3)C(=O)O2)cc1OCC. The molecule has 0 N–H and O–H groups in total. The Kier molecular flexibility index (Phi) is 5.14. The van der Waals surface area contributed by atoms with Crippen molar-refractivity contribution in [2.75, 3.05) is 13.2 Å². The van der Waals surface area contributed by atoms with Crippen molar-refractivity contribution < 1.29 is 19.0 Å². The molecule has 0 amide bonds. The normalized spacial score (nSPS) is 15.0. The van der Waals surface area contributed by atoms with E-state index in [0.717, 1.165) is 5.56 Å². The van der Waals surface area contributed by atoms with Crippen molar-refractivity contribution in [3.05, 3.63) is 65.4 Å². The number of carbonyl (C=O) groups is 1. The third-order valence-corrected chi connectivity index (χ3v) is 3.51.